The van der Waals surface area contributed by atoms with Gasteiger partial charge in [-0.2, -0.15) is 0 Å². The summed E-state index contributed by atoms with van der Waals surface area (Å²) >= 11 is 0. The van der Waals surface area contributed by atoms with Gasteiger partial charge in [-0.25, -0.2) is 13.1 Å². The van der Waals surface area contributed by atoms with Gasteiger partial charge in [0.2, 0.25) is 10.0 Å². The maximum absolute atomic E-state index is 11.9. The highest BCUT2D eigenvalue weighted by atomic mass is 32.2. The van der Waals surface area contributed by atoms with Gasteiger partial charge in [-0.05, 0) is 30.0 Å². The molecule has 2 N–H and O–H groups in total. The van der Waals surface area contributed by atoms with Crippen molar-refractivity contribution < 1.29 is 22.7 Å². The van der Waals surface area contributed by atoms with Crippen LogP contribution in [0.3, 0.4) is 0 Å². The van der Waals surface area contributed by atoms with Crippen LogP contribution in [0.5, 0.6) is 0 Å². The Morgan fingerprint density at radius 3 is 2.40 bits per heavy atom. The van der Waals surface area contributed by atoms with E-state index in [9.17, 15) is 18.0 Å². The molecule has 1 atom stereocenters. The largest absolute Gasteiger partial charge is 0.455 e. The maximum atomic E-state index is 11.9. The monoisotopic (exact) mass is 430 g/mol. The molecule has 0 heterocycles. The van der Waals surface area contributed by atoms with E-state index in [0.717, 1.165) is 22.1 Å². The molecule has 1 amide bonds. The van der Waals surface area contributed by atoms with Crippen molar-refractivity contribution in [2.45, 2.75) is 19.8 Å². The molecule has 0 aromatic heterocycles. The lowest BCUT2D eigenvalue weighted by Crippen LogP contribution is -2.34. The molecule has 0 aliphatic rings. The lowest BCUT2D eigenvalue weighted by Gasteiger charge is -2.13. The first-order valence-electron chi connectivity index (χ1n) is 9.47. The van der Waals surface area contributed by atoms with Crippen molar-refractivity contribution in [2.24, 2.45) is 0 Å². The Hall–Kier alpha value is -2.97. The average Bonchev–Trinajstić information content (AvgIpc) is 2.75. The smallest absolute Gasteiger partial charge is 0.321 e. The molecule has 0 saturated heterocycles. The molecule has 7 nitrogen and oxygen atoms in total. The Labute approximate surface area is 177 Å². The molecule has 0 aliphatic heterocycles. The molecule has 2 rings (SSSR count). The van der Waals surface area contributed by atoms with Crippen molar-refractivity contribution in [3.63, 3.8) is 0 Å². The number of ether oxygens (including phenoxy) is 1. The Morgan fingerprint density at radius 1 is 1.07 bits per heavy atom. The van der Waals surface area contributed by atoms with Crippen LogP contribution in [-0.4, -0.2) is 40.0 Å². The summed E-state index contributed by atoms with van der Waals surface area (Å²) in [6, 6.07) is 17.0. The van der Waals surface area contributed by atoms with Crippen LogP contribution in [0, 0.1) is 6.92 Å². The lowest BCUT2D eigenvalue weighted by molar-refractivity contribution is -0.147. The van der Waals surface area contributed by atoms with Crippen molar-refractivity contribution in [2.75, 3.05) is 19.7 Å². The first kappa shape index (κ1) is 23.3. The van der Waals surface area contributed by atoms with E-state index in [4.69, 9.17) is 4.74 Å². The van der Waals surface area contributed by atoms with E-state index in [1.807, 2.05) is 56.3 Å². The van der Waals surface area contributed by atoms with Gasteiger partial charge in [-0.3, -0.25) is 9.59 Å². The van der Waals surface area contributed by atoms with E-state index >= 15 is 0 Å². The molecule has 30 heavy (non-hydrogen) atoms. The summed E-state index contributed by atoms with van der Waals surface area (Å²) in [5, 5.41) is 3.66. The molecule has 160 valence electrons. The number of esters is 1. The Kier molecular flexibility index (Phi) is 8.76. The highest BCUT2D eigenvalue weighted by Gasteiger charge is 2.13. The van der Waals surface area contributed by atoms with Crippen LogP contribution in [0.15, 0.2) is 60.0 Å². The van der Waals surface area contributed by atoms with Crippen molar-refractivity contribution in [1.29, 1.82) is 0 Å². The molecule has 0 saturated carbocycles. The molecule has 2 aromatic rings. The maximum Gasteiger partial charge on any atom is 0.321 e. The van der Waals surface area contributed by atoms with Crippen LogP contribution in [-0.2, 0) is 24.3 Å². The molecule has 2 aromatic carbocycles. The van der Waals surface area contributed by atoms with Gasteiger partial charge in [0.05, 0.1) is 0 Å². The van der Waals surface area contributed by atoms with Gasteiger partial charge >= 0.3 is 5.97 Å². The van der Waals surface area contributed by atoms with Gasteiger partial charge in [-0.15, -0.1) is 0 Å². The number of carbonyl (C=O) groups is 2. The van der Waals surface area contributed by atoms with E-state index in [1.165, 1.54) is 6.08 Å². The predicted octanol–water partition coefficient (Wildman–Crippen LogP) is 2.35. The number of aryl methyl sites for hydroxylation is 1. The molecular weight excluding hydrogens is 404 g/mol. The number of sulfonamides is 1. The first-order valence-corrected chi connectivity index (χ1v) is 11.0. The first-order chi connectivity index (χ1) is 14.2. The van der Waals surface area contributed by atoms with Crippen LogP contribution in [0.25, 0.3) is 6.08 Å². The molecule has 0 bridgehead atoms. The van der Waals surface area contributed by atoms with Gasteiger partial charge in [-0.1, -0.05) is 67.1 Å². The minimum Gasteiger partial charge on any atom is -0.455 e. The van der Waals surface area contributed by atoms with Gasteiger partial charge in [0.15, 0.2) is 6.61 Å². The highest BCUT2D eigenvalue weighted by molar-refractivity contribution is 7.92. The lowest BCUT2D eigenvalue weighted by atomic mass is 10.0. The number of carbonyl (C=O) groups excluding carboxylic acids is 2. The zero-order chi connectivity index (χ0) is 22.0. The Bertz CT molecular complexity index is 970. The predicted molar refractivity (Wildman–Crippen MR) is 116 cm³/mol. The summed E-state index contributed by atoms with van der Waals surface area (Å²) in [5.74, 6) is -1.18. The van der Waals surface area contributed by atoms with Crippen LogP contribution in [0.4, 0.5) is 0 Å². The van der Waals surface area contributed by atoms with Crippen LogP contribution < -0.4 is 10.0 Å². The molecule has 0 radical (unpaired) electrons. The highest BCUT2D eigenvalue weighted by Crippen LogP contribution is 2.12. The summed E-state index contributed by atoms with van der Waals surface area (Å²) in [5.41, 5.74) is 2.87. The molecule has 8 heteroatoms. The zero-order valence-electron chi connectivity index (χ0n) is 17.0. The van der Waals surface area contributed by atoms with Crippen molar-refractivity contribution >= 4 is 28.0 Å². The molecule has 0 spiro atoms. The summed E-state index contributed by atoms with van der Waals surface area (Å²) < 4.78 is 30.8. The second-order valence-corrected chi connectivity index (χ2v) is 8.51. The van der Waals surface area contributed by atoms with Crippen LogP contribution in [0.2, 0.25) is 0 Å². The SMILES string of the molecule is Cc1ccc(/C=C/S(=O)(=O)NCC(=O)OCC(=O)NC[C@H](C)c2ccccc2)cc1. The van der Waals surface area contributed by atoms with Gasteiger partial charge in [0, 0.05) is 12.0 Å². The summed E-state index contributed by atoms with van der Waals surface area (Å²) in [6.45, 7) is 3.27. The number of benzene rings is 2. The van der Waals surface area contributed by atoms with Crippen molar-refractivity contribution in [3.05, 3.63) is 76.7 Å². The average molecular weight is 431 g/mol. The molecular formula is C22H26N2O5S. The van der Waals surface area contributed by atoms with E-state index < -0.39 is 35.1 Å². The van der Waals surface area contributed by atoms with Crippen molar-refractivity contribution in [3.8, 4) is 0 Å². The second-order valence-electron chi connectivity index (χ2n) is 6.86. The van der Waals surface area contributed by atoms with Gasteiger partial charge < -0.3 is 10.1 Å². The number of amides is 1. The van der Waals surface area contributed by atoms with E-state index in [0.29, 0.717) is 6.54 Å². The van der Waals surface area contributed by atoms with E-state index in [2.05, 4.69) is 10.0 Å². The van der Waals surface area contributed by atoms with E-state index in [1.54, 1.807) is 12.1 Å². The molecule has 0 fully saturated rings. The second kappa shape index (κ2) is 11.3. The topological polar surface area (TPSA) is 102 Å². The normalized spacial score (nSPS) is 12.5. The minimum atomic E-state index is -3.81. The fraction of sp³-hybridized carbons (Fsp3) is 0.273. The Morgan fingerprint density at radius 2 is 1.73 bits per heavy atom. The summed E-state index contributed by atoms with van der Waals surface area (Å²) in [4.78, 5) is 23.5. The quantitative estimate of drug-likeness (QED) is 0.564. The Balaban J connectivity index is 1.69. The van der Waals surface area contributed by atoms with Gasteiger partial charge in [0.1, 0.15) is 6.54 Å². The third kappa shape index (κ3) is 8.59. The third-order valence-electron chi connectivity index (χ3n) is 4.27. The standard InChI is InChI=1S/C22H26N2O5S/c1-17-8-10-19(11-9-17)12-13-30(27,28)24-15-22(26)29-16-21(25)23-14-18(2)20-6-4-3-5-7-20/h3-13,18,24H,14-16H2,1-2H3,(H,23,25)/b13-12+/t18-/m0/s1. The molecule has 0 aliphatic carbocycles. The van der Waals surface area contributed by atoms with Crippen LogP contribution in [0.1, 0.15) is 29.5 Å². The number of rotatable bonds is 10. The number of hydrogen-bond acceptors (Lipinski definition) is 5. The number of hydrogen-bond donors (Lipinski definition) is 2. The minimum absolute atomic E-state index is 0.109. The number of nitrogens with one attached hydrogen (secondary N) is 2. The fourth-order valence-electron chi connectivity index (χ4n) is 2.47. The van der Waals surface area contributed by atoms with Crippen LogP contribution >= 0.6 is 0 Å². The zero-order valence-corrected chi connectivity index (χ0v) is 17.8. The fourth-order valence-corrected chi connectivity index (χ4v) is 3.22. The summed E-state index contributed by atoms with van der Waals surface area (Å²) in [6.07, 6.45) is 1.43. The van der Waals surface area contributed by atoms with Gasteiger partial charge in [0.25, 0.3) is 5.91 Å². The third-order valence-corrected chi connectivity index (χ3v) is 5.31. The molecule has 0 unspecified atom stereocenters. The van der Waals surface area contributed by atoms with E-state index in [-0.39, 0.29) is 5.92 Å². The summed E-state index contributed by atoms with van der Waals surface area (Å²) in [7, 11) is -3.81. The van der Waals surface area contributed by atoms with Crippen molar-refractivity contribution in [1.82, 2.24) is 10.0 Å².